The van der Waals surface area contributed by atoms with Gasteiger partial charge in [-0.25, -0.2) is 8.78 Å². The third kappa shape index (κ3) is 4.76. The summed E-state index contributed by atoms with van der Waals surface area (Å²) in [5.41, 5.74) is 1.53. The maximum atomic E-state index is 13.1. The summed E-state index contributed by atoms with van der Waals surface area (Å²) in [5.74, 6) is -1.34. The second kappa shape index (κ2) is 7.28. The van der Waals surface area contributed by atoms with Crippen LogP contribution in [-0.4, -0.2) is 36.6 Å². The van der Waals surface area contributed by atoms with Crippen LogP contribution in [0.5, 0.6) is 0 Å². The van der Waals surface area contributed by atoms with Crippen LogP contribution in [0.25, 0.3) is 0 Å². The molecule has 1 aromatic carbocycles. The molecule has 0 aromatic heterocycles. The van der Waals surface area contributed by atoms with Gasteiger partial charge in [0.15, 0.2) is 0 Å². The summed E-state index contributed by atoms with van der Waals surface area (Å²) >= 11 is 0. The van der Waals surface area contributed by atoms with E-state index < -0.39 is 18.3 Å². The minimum absolute atomic E-state index is 0.176. The monoisotopic (exact) mass is 337 g/mol. The summed E-state index contributed by atoms with van der Waals surface area (Å²) < 4.78 is 26.1. The number of para-hydroxylation sites is 1. The Labute approximate surface area is 141 Å². The molecule has 1 heterocycles. The lowest BCUT2D eigenvalue weighted by atomic mass is 9.88. The Kier molecular flexibility index (Phi) is 5.57. The highest BCUT2D eigenvalue weighted by atomic mass is 19.3. The molecule has 1 N–H and O–H groups in total. The highest BCUT2D eigenvalue weighted by molar-refractivity contribution is 6.11. The fourth-order valence-electron chi connectivity index (χ4n) is 2.67. The molecule has 0 spiro atoms. The van der Waals surface area contributed by atoms with E-state index in [0.717, 1.165) is 18.4 Å². The van der Waals surface area contributed by atoms with E-state index in [0.29, 0.717) is 5.69 Å². The second-order valence-electron chi connectivity index (χ2n) is 7.43. The first-order chi connectivity index (χ1) is 11.2. The Morgan fingerprint density at radius 1 is 1.38 bits per heavy atom. The number of alkyl halides is 2. The Bertz CT molecular complexity index is 623. The topological polar surface area (TPSA) is 44.7 Å². The van der Waals surface area contributed by atoms with Crippen molar-refractivity contribution in [2.24, 2.45) is 16.4 Å². The van der Waals surface area contributed by atoms with E-state index in [1.807, 2.05) is 24.3 Å². The van der Waals surface area contributed by atoms with E-state index >= 15 is 0 Å². The maximum Gasteiger partial charge on any atom is 0.279 e. The second-order valence-corrected chi connectivity index (χ2v) is 7.43. The van der Waals surface area contributed by atoms with E-state index in [2.05, 4.69) is 31.2 Å². The first-order valence-corrected chi connectivity index (χ1v) is 8.14. The van der Waals surface area contributed by atoms with Gasteiger partial charge in [-0.3, -0.25) is 9.80 Å². The number of aryl methyl sites for hydroxylation is 1. The van der Waals surface area contributed by atoms with Gasteiger partial charge in [0.2, 0.25) is 5.91 Å². The first-order valence-electron chi connectivity index (χ1n) is 8.14. The number of amides is 1. The zero-order valence-electron chi connectivity index (χ0n) is 14.6. The summed E-state index contributed by atoms with van der Waals surface area (Å²) in [5, 5.41) is 7.96. The van der Waals surface area contributed by atoms with Crippen LogP contribution in [0.3, 0.4) is 0 Å². The molecule has 1 unspecified atom stereocenters. The molecular formula is C18H25F2N3O. The number of carbonyl (C=O) groups is 1. The predicted octanol–water partition coefficient (Wildman–Crippen LogP) is 3.79. The number of benzene rings is 1. The van der Waals surface area contributed by atoms with Gasteiger partial charge in [0.05, 0.1) is 6.54 Å². The largest absolute Gasteiger partial charge is 0.325 e. The van der Waals surface area contributed by atoms with Gasteiger partial charge >= 0.3 is 0 Å². The van der Waals surface area contributed by atoms with Gasteiger partial charge in [0.25, 0.3) is 6.43 Å². The molecule has 0 radical (unpaired) electrons. The molecule has 0 fully saturated rings. The standard InChI is InChI=1S/C18H25F2N3O/c1-18(2,3)10-9-12-7-5-6-8-14(12)21-17(24)13-11-23(4)22-15(13)16(19)20/h5-8,13,16H,9-11H2,1-4H3,(H,21,24). The van der Waals surface area contributed by atoms with Crippen LogP contribution in [0.15, 0.2) is 29.4 Å². The van der Waals surface area contributed by atoms with Crippen LogP contribution in [0, 0.1) is 11.3 Å². The summed E-state index contributed by atoms with van der Waals surface area (Å²) in [4.78, 5) is 12.5. The van der Waals surface area contributed by atoms with Crippen molar-refractivity contribution >= 4 is 17.3 Å². The minimum Gasteiger partial charge on any atom is -0.325 e. The summed E-state index contributed by atoms with van der Waals surface area (Å²) in [6.45, 7) is 6.66. The van der Waals surface area contributed by atoms with Crippen LogP contribution < -0.4 is 5.32 Å². The van der Waals surface area contributed by atoms with E-state index in [1.54, 1.807) is 7.05 Å². The van der Waals surface area contributed by atoms with Crippen molar-refractivity contribution in [1.29, 1.82) is 0 Å². The van der Waals surface area contributed by atoms with Crippen molar-refractivity contribution in [2.45, 2.75) is 40.0 Å². The molecule has 24 heavy (non-hydrogen) atoms. The van der Waals surface area contributed by atoms with Crippen LogP contribution in [0.1, 0.15) is 32.8 Å². The van der Waals surface area contributed by atoms with E-state index in [1.165, 1.54) is 5.01 Å². The van der Waals surface area contributed by atoms with Gasteiger partial charge in [-0.05, 0) is 29.9 Å². The maximum absolute atomic E-state index is 13.1. The van der Waals surface area contributed by atoms with Gasteiger partial charge < -0.3 is 5.32 Å². The molecule has 132 valence electrons. The molecule has 0 saturated carbocycles. The van der Waals surface area contributed by atoms with E-state index in [-0.39, 0.29) is 17.7 Å². The molecular weight excluding hydrogens is 312 g/mol. The predicted molar refractivity (Wildman–Crippen MR) is 92.4 cm³/mol. The van der Waals surface area contributed by atoms with Crippen molar-refractivity contribution in [3.63, 3.8) is 0 Å². The summed E-state index contributed by atoms with van der Waals surface area (Å²) in [7, 11) is 1.59. The number of rotatable bonds is 5. The Morgan fingerprint density at radius 2 is 2.04 bits per heavy atom. The van der Waals surface area contributed by atoms with Gasteiger partial charge in [-0.2, -0.15) is 5.10 Å². The van der Waals surface area contributed by atoms with Crippen LogP contribution >= 0.6 is 0 Å². The quantitative estimate of drug-likeness (QED) is 0.888. The average molecular weight is 337 g/mol. The first kappa shape index (κ1) is 18.4. The number of carbonyl (C=O) groups excluding carboxylic acids is 1. The van der Waals surface area contributed by atoms with Gasteiger partial charge in [-0.1, -0.05) is 39.0 Å². The van der Waals surface area contributed by atoms with Gasteiger partial charge in [0.1, 0.15) is 11.6 Å². The molecule has 1 aliphatic heterocycles. The highest BCUT2D eigenvalue weighted by Gasteiger charge is 2.36. The van der Waals surface area contributed by atoms with Crippen molar-refractivity contribution < 1.29 is 13.6 Å². The number of hydrogen-bond acceptors (Lipinski definition) is 3. The lowest BCUT2D eigenvalue weighted by Crippen LogP contribution is -2.34. The lowest BCUT2D eigenvalue weighted by Gasteiger charge is -2.20. The molecule has 1 aliphatic rings. The molecule has 4 nitrogen and oxygen atoms in total. The zero-order chi connectivity index (χ0) is 17.9. The van der Waals surface area contributed by atoms with E-state index in [4.69, 9.17) is 0 Å². The number of anilines is 1. The molecule has 0 aliphatic carbocycles. The Balaban J connectivity index is 2.11. The number of hydrogen-bond donors (Lipinski definition) is 1. The number of halogens is 2. The molecule has 1 atom stereocenters. The van der Waals surface area contributed by atoms with Crippen molar-refractivity contribution in [1.82, 2.24) is 5.01 Å². The zero-order valence-corrected chi connectivity index (χ0v) is 14.6. The molecule has 0 bridgehead atoms. The molecule has 2 rings (SSSR count). The lowest BCUT2D eigenvalue weighted by molar-refractivity contribution is -0.118. The Morgan fingerprint density at radius 3 is 2.67 bits per heavy atom. The third-order valence-corrected chi connectivity index (χ3v) is 4.05. The molecule has 6 heteroatoms. The highest BCUT2D eigenvalue weighted by Crippen LogP contribution is 2.26. The molecule has 1 aromatic rings. The fourth-order valence-corrected chi connectivity index (χ4v) is 2.67. The van der Waals surface area contributed by atoms with Gasteiger partial charge in [0, 0.05) is 12.7 Å². The van der Waals surface area contributed by atoms with Crippen LogP contribution in [-0.2, 0) is 11.2 Å². The summed E-state index contributed by atoms with van der Waals surface area (Å²) in [6, 6.07) is 7.53. The summed E-state index contributed by atoms with van der Waals surface area (Å²) in [6.07, 6.45) is -0.933. The van der Waals surface area contributed by atoms with Crippen molar-refractivity contribution in [3.05, 3.63) is 29.8 Å². The smallest absolute Gasteiger partial charge is 0.279 e. The molecule has 0 saturated heterocycles. The normalized spacial score (nSPS) is 18.0. The molecule has 1 amide bonds. The van der Waals surface area contributed by atoms with Crippen molar-refractivity contribution in [2.75, 3.05) is 18.9 Å². The fraction of sp³-hybridized carbons (Fsp3) is 0.556. The van der Waals surface area contributed by atoms with E-state index in [9.17, 15) is 13.6 Å². The van der Waals surface area contributed by atoms with Gasteiger partial charge in [-0.15, -0.1) is 0 Å². The SMILES string of the molecule is CN1CC(C(=O)Nc2ccccc2CCC(C)(C)C)C(C(F)F)=N1. The Hall–Kier alpha value is -1.98. The minimum atomic E-state index is -2.72. The third-order valence-electron chi connectivity index (χ3n) is 4.05. The average Bonchev–Trinajstić information content (AvgIpc) is 2.88. The number of hydrazone groups is 1. The van der Waals surface area contributed by atoms with Crippen LogP contribution in [0.2, 0.25) is 0 Å². The number of nitrogens with zero attached hydrogens (tertiary/aromatic N) is 2. The van der Waals surface area contributed by atoms with Crippen LogP contribution in [0.4, 0.5) is 14.5 Å². The van der Waals surface area contributed by atoms with Crippen molar-refractivity contribution in [3.8, 4) is 0 Å². The number of nitrogens with one attached hydrogen (secondary N) is 1.